The van der Waals surface area contributed by atoms with Crippen LogP contribution in [0.1, 0.15) is 31.0 Å². The Bertz CT molecular complexity index is 725. The van der Waals surface area contributed by atoms with Crippen LogP contribution in [0.4, 0.5) is 5.95 Å². The van der Waals surface area contributed by atoms with Crippen molar-refractivity contribution >= 4 is 11.7 Å². The molecule has 0 amide bonds. The van der Waals surface area contributed by atoms with Gasteiger partial charge in [-0.05, 0) is 18.9 Å². The van der Waals surface area contributed by atoms with Crippen LogP contribution in [-0.2, 0) is 11.8 Å². The summed E-state index contributed by atoms with van der Waals surface area (Å²) in [6.07, 6.45) is 5.61. The lowest BCUT2D eigenvalue weighted by molar-refractivity contribution is -0.116. The van der Waals surface area contributed by atoms with Gasteiger partial charge in [0.1, 0.15) is 12.4 Å². The topological polar surface area (TPSA) is 77.6 Å². The molecule has 0 spiro atoms. The molecule has 0 unspecified atom stereocenters. The zero-order chi connectivity index (χ0) is 13.7. The van der Waals surface area contributed by atoms with E-state index in [4.69, 9.17) is 0 Å². The van der Waals surface area contributed by atoms with E-state index in [-0.39, 0.29) is 11.8 Å². The SMILES string of the molecule is Cn1nccc1[C@H]1C2=C(CCCC2=O)Nc2ncnn21. The Kier molecular flexibility index (Phi) is 2.29. The maximum absolute atomic E-state index is 12.4. The summed E-state index contributed by atoms with van der Waals surface area (Å²) in [7, 11) is 1.88. The lowest BCUT2D eigenvalue weighted by Crippen LogP contribution is -2.32. The summed E-state index contributed by atoms with van der Waals surface area (Å²) >= 11 is 0. The molecular weight excluding hydrogens is 256 g/mol. The van der Waals surface area contributed by atoms with Gasteiger partial charge in [-0.15, -0.1) is 0 Å². The number of ketones is 1. The van der Waals surface area contributed by atoms with E-state index in [2.05, 4.69) is 20.5 Å². The Hall–Kier alpha value is -2.44. The number of hydrogen-bond donors (Lipinski definition) is 1. The first-order chi connectivity index (χ1) is 9.75. The van der Waals surface area contributed by atoms with Crippen LogP contribution >= 0.6 is 0 Å². The van der Waals surface area contributed by atoms with Crippen molar-refractivity contribution in [2.45, 2.75) is 25.3 Å². The summed E-state index contributed by atoms with van der Waals surface area (Å²) in [4.78, 5) is 16.6. The van der Waals surface area contributed by atoms with E-state index in [1.807, 2.05) is 13.1 Å². The lowest BCUT2D eigenvalue weighted by atomic mass is 9.87. The molecule has 3 heterocycles. The van der Waals surface area contributed by atoms with E-state index >= 15 is 0 Å². The average Bonchev–Trinajstić information content (AvgIpc) is 3.05. The van der Waals surface area contributed by atoms with Gasteiger partial charge >= 0.3 is 0 Å². The second-order valence-corrected chi connectivity index (χ2v) is 5.10. The zero-order valence-corrected chi connectivity index (χ0v) is 11.1. The molecule has 2 aromatic heterocycles. The van der Waals surface area contributed by atoms with Gasteiger partial charge in [0, 0.05) is 30.9 Å². The molecule has 0 aromatic carbocycles. The third-order valence-electron chi connectivity index (χ3n) is 3.95. The first kappa shape index (κ1) is 11.4. The van der Waals surface area contributed by atoms with Gasteiger partial charge in [0.2, 0.25) is 5.95 Å². The molecule has 1 aliphatic carbocycles. The van der Waals surface area contributed by atoms with Gasteiger partial charge < -0.3 is 5.32 Å². The number of nitrogens with one attached hydrogen (secondary N) is 1. The maximum atomic E-state index is 12.4. The van der Waals surface area contributed by atoms with E-state index in [1.54, 1.807) is 15.6 Å². The quantitative estimate of drug-likeness (QED) is 0.837. The molecule has 1 atom stereocenters. The second kappa shape index (κ2) is 4.03. The van der Waals surface area contributed by atoms with Crippen LogP contribution in [0.5, 0.6) is 0 Å². The number of hydrogen-bond acceptors (Lipinski definition) is 5. The third-order valence-corrected chi connectivity index (χ3v) is 3.95. The molecule has 20 heavy (non-hydrogen) atoms. The monoisotopic (exact) mass is 270 g/mol. The summed E-state index contributed by atoms with van der Waals surface area (Å²) in [6.45, 7) is 0. The summed E-state index contributed by atoms with van der Waals surface area (Å²) in [5.41, 5.74) is 2.73. The molecule has 102 valence electrons. The molecule has 1 N–H and O–H groups in total. The van der Waals surface area contributed by atoms with E-state index in [0.717, 1.165) is 29.8 Å². The van der Waals surface area contributed by atoms with Gasteiger partial charge in [0.15, 0.2) is 5.78 Å². The molecule has 0 saturated heterocycles. The molecule has 0 saturated carbocycles. The van der Waals surface area contributed by atoms with Crippen molar-refractivity contribution in [3.8, 4) is 0 Å². The molecule has 1 aliphatic heterocycles. The Morgan fingerprint density at radius 2 is 2.25 bits per heavy atom. The van der Waals surface area contributed by atoms with E-state index in [0.29, 0.717) is 12.4 Å². The van der Waals surface area contributed by atoms with E-state index < -0.39 is 0 Å². The van der Waals surface area contributed by atoms with Gasteiger partial charge in [-0.1, -0.05) is 0 Å². The molecule has 0 radical (unpaired) electrons. The zero-order valence-electron chi connectivity index (χ0n) is 11.1. The van der Waals surface area contributed by atoms with Crippen molar-refractivity contribution in [2.24, 2.45) is 7.05 Å². The van der Waals surface area contributed by atoms with Crippen LogP contribution in [0.2, 0.25) is 0 Å². The van der Waals surface area contributed by atoms with Crippen molar-refractivity contribution in [2.75, 3.05) is 5.32 Å². The number of aryl methyl sites for hydroxylation is 1. The largest absolute Gasteiger partial charge is 0.328 e. The van der Waals surface area contributed by atoms with Crippen LogP contribution in [0.25, 0.3) is 0 Å². The van der Waals surface area contributed by atoms with Crippen molar-refractivity contribution in [1.29, 1.82) is 0 Å². The van der Waals surface area contributed by atoms with Crippen LogP contribution in [0.3, 0.4) is 0 Å². The van der Waals surface area contributed by atoms with Crippen molar-refractivity contribution in [1.82, 2.24) is 24.5 Å². The average molecular weight is 270 g/mol. The predicted molar refractivity (Wildman–Crippen MR) is 70.9 cm³/mol. The molecule has 7 heteroatoms. The lowest BCUT2D eigenvalue weighted by Gasteiger charge is -2.31. The Morgan fingerprint density at radius 3 is 3.05 bits per heavy atom. The highest BCUT2D eigenvalue weighted by atomic mass is 16.1. The first-order valence-corrected chi connectivity index (χ1v) is 6.66. The van der Waals surface area contributed by atoms with E-state index in [1.165, 1.54) is 6.33 Å². The Morgan fingerprint density at radius 1 is 1.35 bits per heavy atom. The fourth-order valence-electron chi connectivity index (χ4n) is 3.02. The fourth-order valence-corrected chi connectivity index (χ4v) is 3.02. The highest BCUT2D eigenvalue weighted by Crippen LogP contribution is 2.39. The number of aromatic nitrogens is 5. The van der Waals surface area contributed by atoms with Gasteiger partial charge in [-0.25, -0.2) is 4.68 Å². The summed E-state index contributed by atoms with van der Waals surface area (Å²) in [5, 5.41) is 11.7. The summed E-state index contributed by atoms with van der Waals surface area (Å²) in [5.74, 6) is 0.871. The minimum atomic E-state index is -0.232. The number of carbonyl (C=O) groups excluding carboxylic acids is 1. The Balaban J connectivity index is 1.95. The highest BCUT2D eigenvalue weighted by Gasteiger charge is 2.37. The number of rotatable bonds is 1. The van der Waals surface area contributed by atoms with E-state index in [9.17, 15) is 4.79 Å². The molecule has 0 bridgehead atoms. The number of allylic oxidation sites excluding steroid dienone is 2. The third kappa shape index (κ3) is 1.46. The van der Waals surface area contributed by atoms with Crippen LogP contribution in [0, 0.1) is 0 Å². The molecule has 2 aromatic rings. The van der Waals surface area contributed by atoms with Crippen molar-refractivity contribution in [3.05, 3.63) is 35.6 Å². The minimum Gasteiger partial charge on any atom is -0.328 e. The van der Waals surface area contributed by atoms with Crippen molar-refractivity contribution in [3.63, 3.8) is 0 Å². The molecule has 0 fully saturated rings. The second-order valence-electron chi connectivity index (χ2n) is 5.10. The number of carbonyl (C=O) groups is 1. The smallest absolute Gasteiger partial charge is 0.226 e. The number of anilines is 1. The summed E-state index contributed by atoms with van der Waals surface area (Å²) < 4.78 is 3.55. The highest BCUT2D eigenvalue weighted by molar-refractivity contribution is 5.99. The molecule has 2 aliphatic rings. The summed E-state index contributed by atoms with van der Waals surface area (Å²) in [6, 6.07) is 1.69. The van der Waals surface area contributed by atoms with Gasteiger partial charge in [-0.3, -0.25) is 9.48 Å². The number of nitrogens with zero attached hydrogens (tertiary/aromatic N) is 5. The van der Waals surface area contributed by atoms with Gasteiger partial charge in [0.25, 0.3) is 0 Å². The normalized spacial score (nSPS) is 21.4. The van der Waals surface area contributed by atoms with Crippen LogP contribution < -0.4 is 5.32 Å². The van der Waals surface area contributed by atoms with Crippen LogP contribution in [-0.4, -0.2) is 30.3 Å². The van der Waals surface area contributed by atoms with Crippen LogP contribution in [0.15, 0.2) is 29.9 Å². The predicted octanol–water partition coefficient (Wildman–Crippen LogP) is 1.03. The minimum absolute atomic E-state index is 0.186. The van der Waals surface area contributed by atoms with Crippen molar-refractivity contribution < 1.29 is 4.79 Å². The molecule has 4 rings (SSSR count). The fraction of sp³-hybridized carbons (Fsp3) is 0.385. The standard InChI is InChI=1S/C13H14N6O/c1-18-9(5-6-15-18)12-11-8(3-2-4-10(11)20)17-13-14-7-16-19(12)13/h5-7,12H,2-4H2,1H3,(H,14,16,17)/t12-/m0/s1. The number of Topliss-reactive ketones (excluding diaryl/α,β-unsaturated/α-hetero) is 1. The number of fused-ring (bicyclic) bond motifs is 1. The Labute approximate surface area is 115 Å². The molecular formula is C13H14N6O. The van der Waals surface area contributed by atoms with Gasteiger partial charge in [-0.2, -0.15) is 15.2 Å². The maximum Gasteiger partial charge on any atom is 0.226 e. The van der Waals surface area contributed by atoms with Gasteiger partial charge in [0.05, 0.1) is 5.69 Å². The molecule has 7 nitrogen and oxygen atoms in total. The first-order valence-electron chi connectivity index (χ1n) is 6.66.